The predicted molar refractivity (Wildman–Crippen MR) is 104 cm³/mol. The van der Waals surface area contributed by atoms with Crippen molar-refractivity contribution in [3.05, 3.63) is 57.8 Å². The lowest BCUT2D eigenvalue weighted by Gasteiger charge is -2.30. The maximum Gasteiger partial charge on any atom is 0.307 e. The first-order chi connectivity index (χ1) is 12.7. The molecule has 1 aromatic carbocycles. The number of rotatable bonds is 4. The molecule has 1 aromatic heterocycles. The zero-order chi connectivity index (χ0) is 17.9. The van der Waals surface area contributed by atoms with Crippen LogP contribution in [0.5, 0.6) is 5.75 Å². The van der Waals surface area contributed by atoms with E-state index in [1.54, 1.807) is 11.3 Å². The summed E-state index contributed by atoms with van der Waals surface area (Å²) in [5.74, 6) is 0.0597. The van der Waals surface area contributed by atoms with Gasteiger partial charge in [0.25, 0.3) is 0 Å². The first-order valence-corrected chi connectivity index (χ1v) is 10.0. The number of aliphatic carboxylic acids is 1. The van der Waals surface area contributed by atoms with Crippen molar-refractivity contribution in [2.45, 2.75) is 25.9 Å². The van der Waals surface area contributed by atoms with Crippen LogP contribution in [-0.2, 0) is 11.4 Å². The number of likely N-dealkylation sites (tertiary alicyclic amines) is 1. The number of carbonyl (C=O) groups is 1. The number of nitrogens with zero attached hydrogens (tertiary/aromatic N) is 1. The van der Waals surface area contributed by atoms with Gasteiger partial charge in [0.1, 0.15) is 12.4 Å². The fraction of sp³-hybridized carbons (Fsp3) is 0.381. The van der Waals surface area contributed by atoms with Crippen LogP contribution in [0.2, 0.25) is 0 Å². The summed E-state index contributed by atoms with van der Waals surface area (Å²) in [5, 5.41) is 11.4. The number of hydrogen-bond acceptors (Lipinski definition) is 4. The number of piperidine rings is 1. The van der Waals surface area contributed by atoms with Crippen molar-refractivity contribution >= 4 is 22.9 Å². The van der Waals surface area contributed by atoms with E-state index >= 15 is 0 Å². The Labute approximate surface area is 157 Å². The van der Waals surface area contributed by atoms with E-state index in [9.17, 15) is 9.90 Å². The topological polar surface area (TPSA) is 49.8 Å². The van der Waals surface area contributed by atoms with E-state index in [4.69, 9.17) is 4.74 Å². The molecule has 26 heavy (non-hydrogen) atoms. The quantitative estimate of drug-likeness (QED) is 0.875. The summed E-state index contributed by atoms with van der Waals surface area (Å²) in [4.78, 5) is 14.8. The standard InChI is InChI=1S/C21H23NO3S/c23-21(24)15-5-3-10-22(13-15)11-4-7-18-17-6-1-2-8-19(17)25-14-16-9-12-26-20(16)18/h1-2,6-9,12,15H,3-5,10-11,13-14H2,(H,23,24). The number of hydrogen-bond donors (Lipinski definition) is 1. The van der Waals surface area contributed by atoms with Gasteiger partial charge in [-0.2, -0.15) is 0 Å². The fourth-order valence-corrected chi connectivity index (χ4v) is 4.80. The Balaban J connectivity index is 1.53. The summed E-state index contributed by atoms with van der Waals surface area (Å²) in [6.45, 7) is 3.18. The second kappa shape index (κ2) is 7.64. The van der Waals surface area contributed by atoms with Crippen LogP contribution >= 0.6 is 11.3 Å². The smallest absolute Gasteiger partial charge is 0.307 e. The van der Waals surface area contributed by atoms with Crippen molar-refractivity contribution in [1.82, 2.24) is 4.90 Å². The molecule has 0 saturated carbocycles. The third kappa shape index (κ3) is 3.55. The molecule has 0 radical (unpaired) electrons. The number of thiophene rings is 1. The molecule has 1 atom stereocenters. The number of carboxylic acid groups (broad SMARTS) is 1. The highest BCUT2D eigenvalue weighted by molar-refractivity contribution is 7.11. The molecule has 0 spiro atoms. The van der Waals surface area contributed by atoms with Gasteiger partial charge < -0.3 is 14.7 Å². The number of carboxylic acids is 1. The largest absolute Gasteiger partial charge is 0.488 e. The Kier molecular flexibility index (Phi) is 5.09. The van der Waals surface area contributed by atoms with Gasteiger partial charge in [-0.1, -0.05) is 24.3 Å². The average Bonchev–Trinajstić information content (AvgIpc) is 3.07. The fourth-order valence-electron chi connectivity index (χ4n) is 3.83. The van der Waals surface area contributed by atoms with Gasteiger partial charge in [0.2, 0.25) is 0 Å². The first kappa shape index (κ1) is 17.3. The molecule has 0 bridgehead atoms. The zero-order valence-electron chi connectivity index (χ0n) is 14.7. The normalized spacial score (nSPS) is 21.5. The van der Waals surface area contributed by atoms with Gasteiger partial charge in [0.05, 0.1) is 5.92 Å². The Morgan fingerprint density at radius 3 is 3.12 bits per heavy atom. The highest BCUT2D eigenvalue weighted by atomic mass is 32.1. The maximum atomic E-state index is 11.3. The van der Waals surface area contributed by atoms with Crippen LogP contribution in [-0.4, -0.2) is 35.6 Å². The molecule has 2 aromatic rings. The Morgan fingerprint density at radius 1 is 1.35 bits per heavy atom. The van der Waals surface area contributed by atoms with Crippen molar-refractivity contribution in [1.29, 1.82) is 0 Å². The van der Waals surface area contributed by atoms with E-state index in [0.29, 0.717) is 13.2 Å². The van der Waals surface area contributed by atoms with E-state index in [0.717, 1.165) is 43.7 Å². The van der Waals surface area contributed by atoms with Crippen LogP contribution in [0.15, 0.2) is 41.8 Å². The van der Waals surface area contributed by atoms with Crippen LogP contribution in [0, 0.1) is 5.92 Å². The Bertz CT molecular complexity index is 826. The molecule has 3 heterocycles. The van der Waals surface area contributed by atoms with Gasteiger partial charge >= 0.3 is 5.97 Å². The van der Waals surface area contributed by atoms with E-state index in [-0.39, 0.29) is 5.92 Å². The first-order valence-electron chi connectivity index (χ1n) is 9.16. The molecule has 1 fully saturated rings. The molecule has 136 valence electrons. The van der Waals surface area contributed by atoms with Crippen LogP contribution in [0.1, 0.15) is 35.3 Å². The molecule has 0 amide bonds. The van der Waals surface area contributed by atoms with Gasteiger partial charge in [-0.25, -0.2) is 0 Å². The summed E-state index contributed by atoms with van der Waals surface area (Å²) < 4.78 is 5.99. The van der Waals surface area contributed by atoms with Crippen LogP contribution in [0.4, 0.5) is 0 Å². The van der Waals surface area contributed by atoms with Crippen molar-refractivity contribution in [3.63, 3.8) is 0 Å². The minimum absolute atomic E-state index is 0.215. The molecular formula is C21H23NO3S. The van der Waals surface area contributed by atoms with Crippen LogP contribution in [0.3, 0.4) is 0 Å². The number of para-hydroxylation sites is 1. The van der Waals surface area contributed by atoms with E-state index in [2.05, 4.69) is 34.6 Å². The van der Waals surface area contributed by atoms with Gasteiger partial charge in [-0.3, -0.25) is 4.79 Å². The minimum Gasteiger partial charge on any atom is -0.488 e. The monoisotopic (exact) mass is 369 g/mol. The molecule has 2 aliphatic rings. The number of benzene rings is 1. The lowest BCUT2D eigenvalue weighted by atomic mass is 9.97. The van der Waals surface area contributed by atoms with E-state index in [1.807, 2.05) is 12.1 Å². The third-order valence-corrected chi connectivity index (χ3v) is 6.19. The van der Waals surface area contributed by atoms with E-state index in [1.165, 1.54) is 16.0 Å². The minimum atomic E-state index is -0.661. The molecule has 4 nitrogen and oxygen atoms in total. The predicted octanol–water partition coefficient (Wildman–Crippen LogP) is 4.26. The molecule has 1 unspecified atom stereocenters. The zero-order valence-corrected chi connectivity index (χ0v) is 15.5. The lowest BCUT2D eigenvalue weighted by molar-refractivity contribution is -0.143. The van der Waals surface area contributed by atoms with E-state index < -0.39 is 5.97 Å². The second-order valence-corrected chi connectivity index (χ2v) is 7.86. The average molecular weight is 369 g/mol. The van der Waals surface area contributed by atoms with Crippen LogP contribution < -0.4 is 4.74 Å². The molecule has 2 aliphatic heterocycles. The highest BCUT2D eigenvalue weighted by Gasteiger charge is 2.25. The highest BCUT2D eigenvalue weighted by Crippen LogP contribution is 2.39. The lowest BCUT2D eigenvalue weighted by Crippen LogP contribution is -2.39. The van der Waals surface area contributed by atoms with Gasteiger partial charge in [-0.15, -0.1) is 11.3 Å². The third-order valence-electron chi connectivity index (χ3n) is 5.20. The van der Waals surface area contributed by atoms with Crippen molar-refractivity contribution in [2.24, 2.45) is 5.92 Å². The van der Waals surface area contributed by atoms with Crippen molar-refractivity contribution < 1.29 is 14.6 Å². The summed E-state index contributed by atoms with van der Waals surface area (Å²) in [5.41, 5.74) is 3.63. The van der Waals surface area contributed by atoms with Gasteiger partial charge in [0, 0.05) is 29.1 Å². The maximum absolute atomic E-state index is 11.3. The summed E-state index contributed by atoms with van der Waals surface area (Å²) in [6, 6.07) is 10.4. The Morgan fingerprint density at radius 2 is 2.23 bits per heavy atom. The van der Waals surface area contributed by atoms with Crippen molar-refractivity contribution in [2.75, 3.05) is 19.6 Å². The molecule has 4 rings (SSSR count). The summed E-state index contributed by atoms with van der Waals surface area (Å²) in [6.07, 6.45) is 4.98. The second-order valence-electron chi connectivity index (χ2n) is 6.94. The molecule has 0 aliphatic carbocycles. The van der Waals surface area contributed by atoms with Crippen LogP contribution in [0.25, 0.3) is 5.57 Å². The molecular weight excluding hydrogens is 346 g/mol. The number of ether oxygens (including phenoxy) is 1. The molecule has 5 heteroatoms. The van der Waals surface area contributed by atoms with Gasteiger partial charge in [-0.05, 0) is 48.9 Å². The SMILES string of the molecule is O=C(O)C1CCCN(CCC=C2c3ccccc3OCc3ccsc32)C1. The molecule has 1 saturated heterocycles. The van der Waals surface area contributed by atoms with Crippen molar-refractivity contribution in [3.8, 4) is 5.75 Å². The van der Waals surface area contributed by atoms with Gasteiger partial charge in [0.15, 0.2) is 0 Å². The molecule has 1 N–H and O–H groups in total. The summed E-state index contributed by atoms with van der Waals surface area (Å²) >= 11 is 1.76. The number of fused-ring (bicyclic) bond motifs is 2. The Hall–Kier alpha value is -2.11. The summed E-state index contributed by atoms with van der Waals surface area (Å²) in [7, 11) is 0.